The van der Waals surface area contributed by atoms with E-state index in [2.05, 4.69) is 11.0 Å². The van der Waals surface area contributed by atoms with Crippen LogP contribution in [0.25, 0.3) is 0 Å². The van der Waals surface area contributed by atoms with E-state index in [0.717, 1.165) is 18.7 Å². The van der Waals surface area contributed by atoms with Crippen LogP contribution in [0.4, 0.5) is 0 Å². The first kappa shape index (κ1) is 13.7. The van der Waals surface area contributed by atoms with Gasteiger partial charge in [-0.25, -0.2) is 0 Å². The zero-order valence-electron chi connectivity index (χ0n) is 11.2. The lowest BCUT2D eigenvalue weighted by Gasteiger charge is -2.19. The largest absolute Gasteiger partial charge is 0.344 e. The van der Waals surface area contributed by atoms with Gasteiger partial charge in [0, 0.05) is 20.1 Å². The average Bonchev–Trinajstić information content (AvgIpc) is 2.25. The van der Waals surface area contributed by atoms with E-state index < -0.39 is 0 Å². The fourth-order valence-electron chi connectivity index (χ4n) is 1.61. The Bertz CT molecular complexity index is 374. The van der Waals surface area contributed by atoms with E-state index in [-0.39, 0.29) is 5.91 Å². The van der Waals surface area contributed by atoms with Crippen molar-refractivity contribution in [1.82, 2.24) is 9.80 Å². The van der Waals surface area contributed by atoms with Crippen LogP contribution in [0.5, 0.6) is 0 Å². The minimum atomic E-state index is 0.178. The van der Waals surface area contributed by atoms with Crippen molar-refractivity contribution in [2.75, 3.05) is 34.2 Å². The van der Waals surface area contributed by atoms with Crippen LogP contribution in [0.3, 0.4) is 0 Å². The maximum absolute atomic E-state index is 11.9. The Labute approximate surface area is 104 Å². The van der Waals surface area contributed by atoms with E-state index in [4.69, 9.17) is 0 Å². The minimum absolute atomic E-state index is 0.178. The molecule has 3 heteroatoms. The van der Waals surface area contributed by atoms with Gasteiger partial charge in [0.15, 0.2) is 0 Å². The van der Waals surface area contributed by atoms with Crippen molar-refractivity contribution in [2.24, 2.45) is 0 Å². The number of nitrogens with zero attached hydrogens (tertiary/aromatic N) is 2. The van der Waals surface area contributed by atoms with E-state index in [9.17, 15) is 4.79 Å². The molecule has 1 aromatic carbocycles. The van der Waals surface area contributed by atoms with Gasteiger partial charge in [-0.15, -0.1) is 0 Å². The summed E-state index contributed by atoms with van der Waals surface area (Å²) in [6.45, 7) is 3.72. The summed E-state index contributed by atoms with van der Waals surface area (Å²) >= 11 is 0. The van der Waals surface area contributed by atoms with Gasteiger partial charge in [0.25, 0.3) is 0 Å². The highest BCUT2D eigenvalue weighted by molar-refractivity contribution is 5.78. The first-order valence-corrected chi connectivity index (χ1v) is 5.93. The third-order valence-corrected chi connectivity index (χ3v) is 2.75. The van der Waals surface area contributed by atoms with E-state index in [1.54, 1.807) is 4.90 Å². The van der Waals surface area contributed by atoms with Crippen molar-refractivity contribution in [1.29, 1.82) is 0 Å². The molecule has 0 atom stereocenters. The van der Waals surface area contributed by atoms with Crippen LogP contribution < -0.4 is 0 Å². The van der Waals surface area contributed by atoms with Crippen LogP contribution in [-0.4, -0.2) is 49.9 Å². The lowest BCUT2D eigenvalue weighted by atomic mass is 10.1. The Morgan fingerprint density at radius 2 is 1.88 bits per heavy atom. The second kappa shape index (κ2) is 6.40. The van der Waals surface area contributed by atoms with Crippen molar-refractivity contribution in [3.05, 3.63) is 35.4 Å². The summed E-state index contributed by atoms with van der Waals surface area (Å²) < 4.78 is 0. The van der Waals surface area contributed by atoms with Crippen LogP contribution >= 0.6 is 0 Å². The lowest BCUT2D eigenvalue weighted by molar-refractivity contribution is -0.129. The molecule has 0 heterocycles. The number of hydrogen-bond donors (Lipinski definition) is 0. The van der Waals surface area contributed by atoms with Gasteiger partial charge in [0.05, 0.1) is 6.42 Å². The number of carbonyl (C=O) groups is 1. The zero-order valence-corrected chi connectivity index (χ0v) is 11.2. The standard InChI is InChI=1S/C14H22N2O/c1-12-6-5-7-13(10-12)11-14(17)16(4)9-8-15(2)3/h5-7,10H,8-9,11H2,1-4H3. The van der Waals surface area contributed by atoms with Gasteiger partial charge in [-0.3, -0.25) is 4.79 Å². The van der Waals surface area contributed by atoms with Crippen LogP contribution in [0, 0.1) is 6.92 Å². The van der Waals surface area contributed by atoms with Gasteiger partial charge in [-0.05, 0) is 26.6 Å². The molecule has 0 N–H and O–H groups in total. The normalized spacial score (nSPS) is 10.6. The van der Waals surface area contributed by atoms with E-state index in [1.165, 1.54) is 5.56 Å². The van der Waals surface area contributed by atoms with Gasteiger partial charge in [0.1, 0.15) is 0 Å². The van der Waals surface area contributed by atoms with E-state index in [0.29, 0.717) is 6.42 Å². The number of benzene rings is 1. The van der Waals surface area contributed by atoms with Crippen molar-refractivity contribution in [3.8, 4) is 0 Å². The first-order valence-electron chi connectivity index (χ1n) is 5.93. The number of rotatable bonds is 5. The molecule has 1 amide bonds. The molecule has 94 valence electrons. The molecule has 0 aliphatic rings. The predicted molar refractivity (Wildman–Crippen MR) is 71.1 cm³/mol. The zero-order chi connectivity index (χ0) is 12.8. The second-order valence-electron chi connectivity index (χ2n) is 4.78. The summed E-state index contributed by atoms with van der Waals surface area (Å²) in [6.07, 6.45) is 0.492. The van der Waals surface area contributed by atoms with E-state index in [1.807, 2.05) is 46.3 Å². The van der Waals surface area contributed by atoms with Gasteiger partial charge in [0.2, 0.25) is 5.91 Å². The molecule has 0 aliphatic carbocycles. The summed E-state index contributed by atoms with van der Waals surface area (Å²) in [7, 11) is 5.89. The molecule has 0 aromatic heterocycles. The number of hydrogen-bond acceptors (Lipinski definition) is 2. The molecule has 3 nitrogen and oxygen atoms in total. The third kappa shape index (κ3) is 5.00. The number of aryl methyl sites for hydroxylation is 1. The molecular weight excluding hydrogens is 212 g/mol. The summed E-state index contributed by atoms with van der Waals surface area (Å²) in [4.78, 5) is 15.8. The van der Waals surface area contributed by atoms with Crippen molar-refractivity contribution in [2.45, 2.75) is 13.3 Å². The molecule has 0 spiro atoms. The second-order valence-corrected chi connectivity index (χ2v) is 4.78. The van der Waals surface area contributed by atoms with Crippen molar-refractivity contribution in [3.63, 3.8) is 0 Å². The van der Waals surface area contributed by atoms with Crippen molar-refractivity contribution >= 4 is 5.91 Å². The van der Waals surface area contributed by atoms with Crippen LogP contribution in [0.2, 0.25) is 0 Å². The monoisotopic (exact) mass is 234 g/mol. The summed E-state index contributed by atoms with van der Waals surface area (Å²) in [5, 5.41) is 0. The van der Waals surface area contributed by atoms with Crippen LogP contribution in [-0.2, 0) is 11.2 Å². The maximum atomic E-state index is 11.9. The Hall–Kier alpha value is -1.35. The molecular formula is C14H22N2O. The highest BCUT2D eigenvalue weighted by Gasteiger charge is 2.09. The fraction of sp³-hybridized carbons (Fsp3) is 0.500. The fourth-order valence-corrected chi connectivity index (χ4v) is 1.61. The lowest BCUT2D eigenvalue weighted by Crippen LogP contribution is -2.34. The molecule has 0 fully saturated rings. The van der Waals surface area contributed by atoms with Gasteiger partial charge >= 0.3 is 0 Å². The Morgan fingerprint density at radius 1 is 1.18 bits per heavy atom. The molecule has 0 bridgehead atoms. The Kier molecular flexibility index (Phi) is 5.16. The van der Waals surface area contributed by atoms with Gasteiger partial charge in [-0.1, -0.05) is 29.8 Å². The Morgan fingerprint density at radius 3 is 2.47 bits per heavy atom. The molecule has 1 rings (SSSR count). The van der Waals surface area contributed by atoms with Gasteiger partial charge in [-0.2, -0.15) is 0 Å². The number of amides is 1. The quantitative estimate of drug-likeness (QED) is 0.772. The predicted octanol–water partition coefficient (Wildman–Crippen LogP) is 1.56. The van der Waals surface area contributed by atoms with Crippen molar-refractivity contribution < 1.29 is 4.79 Å². The Balaban J connectivity index is 2.48. The molecule has 0 saturated carbocycles. The minimum Gasteiger partial charge on any atom is -0.344 e. The summed E-state index contributed by atoms with van der Waals surface area (Å²) in [5.74, 6) is 0.178. The average molecular weight is 234 g/mol. The smallest absolute Gasteiger partial charge is 0.226 e. The van der Waals surface area contributed by atoms with Crippen LogP contribution in [0.15, 0.2) is 24.3 Å². The number of carbonyl (C=O) groups excluding carboxylic acids is 1. The molecule has 0 radical (unpaired) electrons. The molecule has 0 saturated heterocycles. The maximum Gasteiger partial charge on any atom is 0.226 e. The SMILES string of the molecule is Cc1cccc(CC(=O)N(C)CCN(C)C)c1. The molecule has 0 unspecified atom stereocenters. The van der Waals surface area contributed by atoms with Crippen LogP contribution in [0.1, 0.15) is 11.1 Å². The first-order chi connectivity index (χ1) is 7.99. The highest BCUT2D eigenvalue weighted by Crippen LogP contribution is 2.06. The topological polar surface area (TPSA) is 23.6 Å². The highest BCUT2D eigenvalue weighted by atomic mass is 16.2. The molecule has 1 aromatic rings. The summed E-state index contributed by atoms with van der Waals surface area (Å²) in [5.41, 5.74) is 2.29. The molecule has 0 aliphatic heterocycles. The summed E-state index contributed by atoms with van der Waals surface area (Å²) in [6, 6.07) is 8.11. The van der Waals surface area contributed by atoms with Gasteiger partial charge < -0.3 is 9.80 Å². The third-order valence-electron chi connectivity index (χ3n) is 2.75. The molecule has 17 heavy (non-hydrogen) atoms. The number of likely N-dealkylation sites (N-methyl/N-ethyl adjacent to an activating group) is 2. The van der Waals surface area contributed by atoms with E-state index >= 15 is 0 Å².